The fourth-order valence-corrected chi connectivity index (χ4v) is 2.93. The van der Waals surface area contributed by atoms with E-state index >= 15 is 0 Å². The molecule has 1 fully saturated rings. The highest BCUT2D eigenvalue weighted by Gasteiger charge is 2.08. The van der Waals surface area contributed by atoms with Crippen LogP contribution in [-0.4, -0.2) is 26.8 Å². The lowest BCUT2D eigenvalue weighted by molar-refractivity contribution is 0.197. The number of hydrogen-bond acceptors (Lipinski definition) is 2. The first-order chi connectivity index (χ1) is 8.93. The van der Waals surface area contributed by atoms with Crippen molar-refractivity contribution < 1.29 is 4.74 Å². The van der Waals surface area contributed by atoms with Crippen molar-refractivity contribution >= 4 is 0 Å². The van der Waals surface area contributed by atoms with Gasteiger partial charge in [0, 0.05) is 13.7 Å². The Balaban J connectivity index is 2.14. The maximum Gasteiger partial charge on any atom is 0.0587 e. The van der Waals surface area contributed by atoms with Gasteiger partial charge in [0.2, 0.25) is 0 Å². The van der Waals surface area contributed by atoms with Gasteiger partial charge in [-0.3, -0.25) is 0 Å². The number of methoxy groups -OCH3 is 1. The van der Waals surface area contributed by atoms with E-state index in [4.69, 9.17) is 4.74 Å². The summed E-state index contributed by atoms with van der Waals surface area (Å²) in [5.74, 6) is 0.904. The lowest BCUT2D eigenvalue weighted by Gasteiger charge is -2.18. The molecule has 2 heteroatoms. The van der Waals surface area contributed by atoms with Gasteiger partial charge in [-0.1, -0.05) is 57.8 Å². The maximum absolute atomic E-state index is 5.08. The topological polar surface area (TPSA) is 21.3 Å². The van der Waals surface area contributed by atoms with Crippen molar-refractivity contribution in [2.45, 2.75) is 70.6 Å². The molecule has 0 amide bonds. The molecule has 0 aromatic heterocycles. The molecule has 1 N–H and O–H groups in total. The Bertz CT molecular complexity index is 158. The molecule has 1 rings (SSSR count). The van der Waals surface area contributed by atoms with Gasteiger partial charge in [-0.2, -0.15) is 0 Å². The molecule has 0 atom stereocenters. The van der Waals surface area contributed by atoms with Crippen molar-refractivity contribution in [1.29, 1.82) is 0 Å². The molecule has 0 saturated heterocycles. The summed E-state index contributed by atoms with van der Waals surface area (Å²) in [6.45, 7) is 3.04. The van der Waals surface area contributed by atoms with E-state index in [2.05, 4.69) is 5.32 Å². The molecule has 2 nitrogen and oxygen atoms in total. The summed E-state index contributed by atoms with van der Waals surface area (Å²) in [7, 11) is 1.78. The minimum Gasteiger partial charge on any atom is -0.383 e. The van der Waals surface area contributed by atoms with Crippen LogP contribution >= 0.6 is 0 Å². The van der Waals surface area contributed by atoms with E-state index in [1.807, 2.05) is 0 Å². The van der Waals surface area contributed by atoms with E-state index in [9.17, 15) is 0 Å². The Morgan fingerprint density at radius 2 is 1.33 bits per heavy atom. The van der Waals surface area contributed by atoms with E-state index in [-0.39, 0.29) is 0 Å². The van der Waals surface area contributed by atoms with E-state index in [0.29, 0.717) is 0 Å². The van der Waals surface area contributed by atoms with E-state index in [1.54, 1.807) is 7.11 Å². The summed E-state index contributed by atoms with van der Waals surface area (Å²) >= 11 is 0. The van der Waals surface area contributed by atoms with Crippen LogP contribution in [0.25, 0.3) is 0 Å². The molecule has 0 aliphatic heterocycles. The first-order valence-corrected chi connectivity index (χ1v) is 8.13. The minimum atomic E-state index is 0.840. The van der Waals surface area contributed by atoms with Gasteiger partial charge in [-0.15, -0.1) is 0 Å². The molecule has 108 valence electrons. The van der Waals surface area contributed by atoms with Crippen LogP contribution in [0.15, 0.2) is 0 Å². The Morgan fingerprint density at radius 3 is 1.83 bits per heavy atom. The van der Waals surface area contributed by atoms with Gasteiger partial charge in [-0.05, 0) is 25.3 Å². The molecule has 0 aromatic carbocycles. The third-order valence-electron chi connectivity index (χ3n) is 4.14. The summed E-state index contributed by atoms with van der Waals surface area (Å²) in [5.41, 5.74) is 0. The summed E-state index contributed by atoms with van der Waals surface area (Å²) in [6, 6.07) is 0. The maximum atomic E-state index is 5.08. The second-order valence-electron chi connectivity index (χ2n) is 5.82. The van der Waals surface area contributed by atoms with Crippen LogP contribution in [0.2, 0.25) is 0 Å². The van der Waals surface area contributed by atoms with Crippen LogP contribution < -0.4 is 5.32 Å². The highest BCUT2D eigenvalue weighted by Crippen LogP contribution is 2.20. The van der Waals surface area contributed by atoms with Crippen molar-refractivity contribution in [3.63, 3.8) is 0 Å². The Morgan fingerprint density at radius 1 is 0.833 bits per heavy atom. The van der Waals surface area contributed by atoms with Crippen LogP contribution in [0.3, 0.4) is 0 Å². The number of rotatable bonds is 5. The van der Waals surface area contributed by atoms with Gasteiger partial charge in [0.1, 0.15) is 0 Å². The molecule has 1 saturated carbocycles. The highest BCUT2D eigenvalue weighted by atomic mass is 16.5. The van der Waals surface area contributed by atoms with Crippen molar-refractivity contribution in [3.05, 3.63) is 0 Å². The average Bonchev–Trinajstić information content (AvgIpc) is 2.37. The van der Waals surface area contributed by atoms with Crippen molar-refractivity contribution in [2.24, 2.45) is 5.92 Å². The van der Waals surface area contributed by atoms with Crippen LogP contribution in [0, 0.1) is 5.92 Å². The Labute approximate surface area is 114 Å². The van der Waals surface area contributed by atoms with E-state index in [1.165, 1.54) is 77.2 Å². The zero-order valence-corrected chi connectivity index (χ0v) is 12.4. The van der Waals surface area contributed by atoms with Gasteiger partial charge >= 0.3 is 0 Å². The van der Waals surface area contributed by atoms with Crippen molar-refractivity contribution in [3.8, 4) is 0 Å². The third-order valence-corrected chi connectivity index (χ3v) is 4.14. The molecule has 0 spiro atoms. The smallest absolute Gasteiger partial charge is 0.0587 e. The summed E-state index contributed by atoms with van der Waals surface area (Å²) in [5, 5.41) is 3.54. The summed E-state index contributed by atoms with van der Waals surface area (Å²) in [4.78, 5) is 0. The molecular formula is C16H33NO. The van der Waals surface area contributed by atoms with Gasteiger partial charge in [0.05, 0.1) is 6.61 Å². The summed E-state index contributed by atoms with van der Waals surface area (Å²) < 4.78 is 5.08. The van der Waals surface area contributed by atoms with Crippen molar-refractivity contribution in [1.82, 2.24) is 5.32 Å². The fraction of sp³-hybridized carbons (Fsp3) is 1.00. The number of nitrogens with one attached hydrogen (secondary N) is 1. The normalized spacial score (nSPS) is 21.2. The van der Waals surface area contributed by atoms with Crippen LogP contribution in [-0.2, 0) is 4.74 Å². The molecule has 1 aliphatic carbocycles. The Hall–Kier alpha value is -0.0800. The molecule has 0 heterocycles. The van der Waals surface area contributed by atoms with Crippen LogP contribution in [0.1, 0.15) is 70.6 Å². The quantitative estimate of drug-likeness (QED) is 0.745. The largest absolute Gasteiger partial charge is 0.383 e. The lowest BCUT2D eigenvalue weighted by Crippen LogP contribution is -2.26. The predicted octanol–water partition coefficient (Wildman–Crippen LogP) is 4.14. The van der Waals surface area contributed by atoms with E-state index in [0.717, 1.165) is 19.1 Å². The van der Waals surface area contributed by atoms with Crippen LogP contribution in [0.5, 0.6) is 0 Å². The molecule has 18 heavy (non-hydrogen) atoms. The highest BCUT2D eigenvalue weighted by molar-refractivity contribution is 4.64. The average molecular weight is 255 g/mol. The summed E-state index contributed by atoms with van der Waals surface area (Å²) in [6.07, 6.45) is 16.0. The monoisotopic (exact) mass is 255 g/mol. The third kappa shape index (κ3) is 8.93. The molecule has 0 radical (unpaired) electrons. The molecule has 1 aliphatic rings. The first kappa shape index (κ1) is 16.0. The molecule has 0 aromatic rings. The van der Waals surface area contributed by atoms with Gasteiger partial charge in [0.15, 0.2) is 0 Å². The van der Waals surface area contributed by atoms with Gasteiger partial charge in [-0.25, -0.2) is 0 Å². The number of hydrogen-bond donors (Lipinski definition) is 1. The lowest BCUT2D eigenvalue weighted by atomic mass is 9.93. The first-order valence-electron chi connectivity index (χ1n) is 8.13. The minimum absolute atomic E-state index is 0.840. The molecule has 0 bridgehead atoms. The second-order valence-corrected chi connectivity index (χ2v) is 5.82. The van der Waals surface area contributed by atoms with Gasteiger partial charge in [0.25, 0.3) is 0 Å². The number of ether oxygens (including phenoxy) is 1. The van der Waals surface area contributed by atoms with Gasteiger partial charge < -0.3 is 10.1 Å². The zero-order chi connectivity index (χ0) is 12.9. The fourth-order valence-electron chi connectivity index (χ4n) is 2.93. The zero-order valence-electron chi connectivity index (χ0n) is 12.4. The molecular weight excluding hydrogens is 222 g/mol. The van der Waals surface area contributed by atoms with Crippen molar-refractivity contribution in [2.75, 3.05) is 26.8 Å². The molecule has 0 unspecified atom stereocenters. The standard InChI is InChI=1S/C16H33NO/c1-18-14-13-17-15-16-11-9-7-5-3-2-4-6-8-10-12-16/h16-17H,2-15H2,1H3. The second kappa shape index (κ2) is 12.0. The SMILES string of the molecule is COCCNCC1CCCCCCCCCCC1. The Kier molecular flexibility index (Phi) is 10.6. The van der Waals surface area contributed by atoms with E-state index < -0.39 is 0 Å². The predicted molar refractivity (Wildman–Crippen MR) is 79.0 cm³/mol. The van der Waals surface area contributed by atoms with Crippen LogP contribution in [0.4, 0.5) is 0 Å².